The van der Waals surface area contributed by atoms with E-state index >= 15 is 0 Å². The molecule has 4 rings (SSSR count). The second kappa shape index (κ2) is 8.49. The fourth-order valence-corrected chi connectivity index (χ4v) is 3.89. The molecule has 29 heavy (non-hydrogen) atoms. The van der Waals surface area contributed by atoms with Crippen LogP contribution < -0.4 is 5.32 Å². The maximum atomic E-state index is 12.7. The smallest absolute Gasteiger partial charge is 0.226 e. The number of nitrogens with one attached hydrogen (secondary N) is 1. The van der Waals surface area contributed by atoms with Gasteiger partial charge in [-0.05, 0) is 30.7 Å². The predicted molar refractivity (Wildman–Crippen MR) is 110 cm³/mol. The molecule has 0 fully saturated rings. The molecule has 0 saturated heterocycles. The number of ether oxygens (including phenoxy) is 1. The van der Waals surface area contributed by atoms with Gasteiger partial charge in [0.15, 0.2) is 0 Å². The maximum Gasteiger partial charge on any atom is 0.226 e. The number of benzene rings is 1. The van der Waals surface area contributed by atoms with Crippen molar-refractivity contribution in [3.05, 3.63) is 58.5 Å². The molecule has 0 saturated carbocycles. The van der Waals surface area contributed by atoms with Crippen molar-refractivity contribution in [2.24, 2.45) is 0 Å². The minimum atomic E-state index is -0.712. The average Bonchev–Trinajstić information content (AvgIpc) is 3.09. The van der Waals surface area contributed by atoms with Crippen LogP contribution >= 0.6 is 11.6 Å². The number of hydrogen-bond acceptors (Lipinski definition) is 5. The molecule has 2 aromatic heterocycles. The second-order valence-corrected chi connectivity index (χ2v) is 7.64. The van der Waals surface area contributed by atoms with Crippen LogP contribution in [0.5, 0.6) is 0 Å². The van der Waals surface area contributed by atoms with E-state index in [-0.39, 0.29) is 31.6 Å². The summed E-state index contributed by atoms with van der Waals surface area (Å²) in [6.45, 7) is 3.09. The van der Waals surface area contributed by atoms with E-state index in [1.807, 2.05) is 29.8 Å². The van der Waals surface area contributed by atoms with Gasteiger partial charge in [-0.3, -0.25) is 14.5 Å². The summed E-state index contributed by atoms with van der Waals surface area (Å²) in [4.78, 5) is 17.4. The third-order valence-electron chi connectivity index (χ3n) is 4.99. The zero-order valence-corrected chi connectivity index (χ0v) is 16.9. The molecule has 1 aromatic carbocycles. The van der Waals surface area contributed by atoms with Gasteiger partial charge < -0.3 is 15.2 Å². The Hall–Kier alpha value is -2.48. The third-order valence-corrected chi connectivity index (χ3v) is 5.23. The number of amides is 1. The van der Waals surface area contributed by atoms with Crippen molar-refractivity contribution in [1.82, 2.24) is 20.1 Å². The first-order valence-corrected chi connectivity index (χ1v) is 10.1. The van der Waals surface area contributed by atoms with Gasteiger partial charge in [-0.15, -0.1) is 0 Å². The highest BCUT2D eigenvalue weighted by molar-refractivity contribution is 6.30. The van der Waals surface area contributed by atoms with Crippen molar-refractivity contribution in [3.8, 4) is 0 Å². The highest BCUT2D eigenvalue weighted by Crippen LogP contribution is 2.23. The van der Waals surface area contributed by atoms with E-state index in [0.29, 0.717) is 23.7 Å². The molecule has 152 valence electrons. The van der Waals surface area contributed by atoms with Gasteiger partial charge in [-0.2, -0.15) is 5.10 Å². The second-order valence-electron chi connectivity index (χ2n) is 7.21. The summed E-state index contributed by atoms with van der Waals surface area (Å²) in [5.74, 6) is -0.152. The quantitative estimate of drug-likeness (QED) is 0.672. The number of carbonyl (C=O) groups excluding carboxylic acids is 1. The molecule has 8 heteroatoms. The number of aromatic nitrogens is 3. The Bertz CT molecular complexity index is 1040. The first-order chi connectivity index (χ1) is 14.0. The van der Waals surface area contributed by atoms with Crippen LogP contribution in [0.25, 0.3) is 10.9 Å². The zero-order chi connectivity index (χ0) is 20.4. The number of halogens is 1. The summed E-state index contributed by atoms with van der Waals surface area (Å²) in [5, 5.41) is 19.4. The lowest BCUT2D eigenvalue weighted by atomic mass is 10.1. The Labute approximate surface area is 173 Å². The van der Waals surface area contributed by atoms with E-state index in [2.05, 4.69) is 15.4 Å². The zero-order valence-electron chi connectivity index (χ0n) is 16.1. The van der Waals surface area contributed by atoms with Crippen LogP contribution in [0, 0.1) is 0 Å². The standard InChI is InChI=1S/C21H23ClN4O3/c1-2-26-21-14(10-23-26)7-16-8-20(28)25-19(13-4-3-5-15(22)6-13)12-29-11-17(27)9-18(21)24-16/h3-7,10,17,19,27H,2,8-9,11-12H2,1H3,(H,25,28)/t17-,19-/m1/s1. The summed E-state index contributed by atoms with van der Waals surface area (Å²) in [6, 6.07) is 8.84. The van der Waals surface area contributed by atoms with Crippen molar-refractivity contribution in [1.29, 1.82) is 0 Å². The number of fused-ring (bicyclic) bond motifs is 4. The summed E-state index contributed by atoms with van der Waals surface area (Å²) >= 11 is 6.11. The molecule has 0 aliphatic carbocycles. The van der Waals surface area contributed by atoms with Gasteiger partial charge in [0.05, 0.1) is 54.9 Å². The van der Waals surface area contributed by atoms with Gasteiger partial charge in [-0.1, -0.05) is 23.7 Å². The summed E-state index contributed by atoms with van der Waals surface area (Å²) in [6.07, 6.45) is 1.53. The number of aryl methyl sites for hydroxylation is 1. The molecule has 0 unspecified atom stereocenters. The lowest BCUT2D eigenvalue weighted by molar-refractivity contribution is -0.121. The highest BCUT2D eigenvalue weighted by Gasteiger charge is 2.21. The number of aliphatic hydroxyl groups excluding tert-OH is 1. The molecular weight excluding hydrogens is 392 g/mol. The SMILES string of the molecule is CCn1ncc2cc3nc(c21)C[C@@H](O)COC[C@H](c1cccc(Cl)c1)NC(=O)C3. The van der Waals surface area contributed by atoms with Crippen LogP contribution in [0.15, 0.2) is 36.5 Å². The van der Waals surface area contributed by atoms with E-state index in [1.54, 1.807) is 18.3 Å². The Morgan fingerprint density at radius 3 is 3.00 bits per heavy atom. The number of nitrogens with zero attached hydrogens (tertiary/aromatic N) is 3. The van der Waals surface area contributed by atoms with Crippen LogP contribution in [-0.2, 0) is 28.9 Å². The van der Waals surface area contributed by atoms with E-state index in [9.17, 15) is 9.90 Å². The maximum absolute atomic E-state index is 12.7. The number of rotatable bonds is 2. The minimum absolute atomic E-state index is 0.132. The van der Waals surface area contributed by atoms with E-state index in [0.717, 1.165) is 22.2 Å². The van der Waals surface area contributed by atoms with Crippen LogP contribution in [0.4, 0.5) is 0 Å². The van der Waals surface area contributed by atoms with Crippen LogP contribution in [0.2, 0.25) is 5.02 Å². The number of aliphatic hydroxyl groups is 1. The van der Waals surface area contributed by atoms with Crippen molar-refractivity contribution in [2.75, 3.05) is 13.2 Å². The summed E-state index contributed by atoms with van der Waals surface area (Å²) in [7, 11) is 0. The first-order valence-electron chi connectivity index (χ1n) is 9.68. The lowest BCUT2D eigenvalue weighted by Gasteiger charge is -2.22. The molecule has 0 radical (unpaired) electrons. The number of pyridine rings is 1. The predicted octanol–water partition coefficient (Wildman–Crippen LogP) is 2.44. The summed E-state index contributed by atoms with van der Waals surface area (Å²) in [5.41, 5.74) is 3.13. The first kappa shape index (κ1) is 19.8. The van der Waals surface area contributed by atoms with E-state index in [4.69, 9.17) is 16.3 Å². The molecule has 2 atom stereocenters. The molecule has 3 aromatic rings. The topological polar surface area (TPSA) is 89.3 Å². The van der Waals surface area contributed by atoms with Crippen LogP contribution in [-0.4, -0.2) is 45.1 Å². The molecule has 0 spiro atoms. The molecule has 1 aliphatic heterocycles. The molecule has 2 bridgehead atoms. The van der Waals surface area contributed by atoms with Gasteiger partial charge in [0.1, 0.15) is 0 Å². The largest absolute Gasteiger partial charge is 0.390 e. The molecule has 3 heterocycles. The van der Waals surface area contributed by atoms with Gasteiger partial charge in [0.25, 0.3) is 0 Å². The van der Waals surface area contributed by atoms with Gasteiger partial charge in [0.2, 0.25) is 5.91 Å². The summed E-state index contributed by atoms with van der Waals surface area (Å²) < 4.78 is 7.60. The normalized spacial score (nSPS) is 20.7. The Balaban J connectivity index is 1.68. The third kappa shape index (κ3) is 4.42. The van der Waals surface area contributed by atoms with E-state index < -0.39 is 6.10 Å². The lowest BCUT2D eigenvalue weighted by Crippen LogP contribution is -2.34. The Morgan fingerprint density at radius 1 is 1.34 bits per heavy atom. The molecule has 1 aliphatic rings. The molecule has 7 nitrogen and oxygen atoms in total. The van der Waals surface area contributed by atoms with Crippen LogP contribution in [0.3, 0.4) is 0 Å². The fourth-order valence-electron chi connectivity index (χ4n) is 3.69. The van der Waals surface area contributed by atoms with Crippen LogP contribution in [0.1, 0.15) is 29.9 Å². The van der Waals surface area contributed by atoms with Gasteiger partial charge in [0, 0.05) is 23.4 Å². The van der Waals surface area contributed by atoms with Gasteiger partial charge >= 0.3 is 0 Å². The fraction of sp³-hybridized carbons (Fsp3) is 0.381. The molecule has 1 amide bonds. The number of carbonyl (C=O) groups is 1. The monoisotopic (exact) mass is 414 g/mol. The van der Waals surface area contributed by atoms with Crippen molar-refractivity contribution >= 4 is 28.4 Å². The molecular formula is C21H23ClN4O3. The average molecular weight is 415 g/mol. The van der Waals surface area contributed by atoms with Crippen molar-refractivity contribution in [3.63, 3.8) is 0 Å². The highest BCUT2D eigenvalue weighted by atomic mass is 35.5. The minimum Gasteiger partial charge on any atom is -0.390 e. The Morgan fingerprint density at radius 2 is 2.21 bits per heavy atom. The Kier molecular flexibility index (Phi) is 5.80. The van der Waals surface area contributed by atoms with Crippen molar-refractivity contribution < 1.29 is 14.6 Å². The number of hydrogen-bond donors (Lipinski definition) is 2. The van der Waals surface area contributed by atoms with E-state index in [1.165, 1.54) is 0 Å². The van der Waals surface area contributed by atoms with Gasteiger partial charge in [-0.25, -0.2) is 0 Å². The van der Waals surface area contributed by atoms with Crippen molar-refractivity contribution in [2.45, 2.75) is 38.5 Å². The molecule has 2 N–H and O–H groups in total.